The van der Waals surface area contributed by atoms with Crippen LogP contribution >= 0.6 is 35.9 Å². The minimum atomic E-state index is 0. The van der Waals surface area contributed by atoms with Gasteiger partial charge in [-0.25, -0.2) is 0 Å². The van der Waals surface area contributed by atoms with E-state index in [0.29, 0.717) is 12.0 Å². The van der Waals surface area contributed by atoms with Gasteiger partial charge in [-0.05, 0) is 30.7 Å². The summed E-state index contributed by atoms with van der Waals surface area (Å²) in [4.78, 5) is 26.7. The molecule has 0 radical (unpaired) electrons. The van der Waals surface area contributed by atoms with Crippen molar-refractivity contribution >= 4 is 53.4 Å². The van der Waals surface area contributed by atoms with Crippen LogP contribution in [-0.4, -0.2) is 65.4 Å². The summed E-state index contributed by atoms with van der Waals surface area (Å²) in [7, 11) is 0. The van der Waals surface area contributed by atoms with E-state index in [-0.39, 0.29) is 30.3 Å². The van der Waals surface area contributed by atoms with E-state index in [0.717, 1.165) is 53.9 Å². The van der Waals surface area contributed by atoms with Gasteiger partial charge in [0.15, 0.2) is 0 Å². The van der Waals surface area contributed by atoms with Crippen molar-refractivity contribution in [1.29, 1.82) is 0 Å². The van der Waals surface area contributed by atoms with Crippen molar-refractivity contribution in [3.05, 3.63) is 29.3 Å². The Kier molecular flexibility index (Phi) is 8.60. The minimum Gasteiger partial charge on any atom is -0.337 e. The Morgan fingerprint density at radius 3 is 2.65 bits per heavy atom. The highest BCUT2D eigenvalue weighted by Crippen LogP contribution is 2.20. The van der Waals surface area contributed by atoms with Crippen LogP contribution in [0.5, 0.6) is 0 Å². The molecular weight excluding hydrogens is 390 g/mol. The van der Waals surface area contributed by atoms with Gasteiger partial charge in [0.1, 0.15) is 0 Å². The summed E-state index contributed by atoms with van der Waals surface area (Å²) in [5.41, 5.74) is 2.42. The van der Waals surface area contributed by atoms with Gasteiger partial charge in [0.05, 0.1) is 0 Å². The molecule has 5 nitrogen and oxygen atoms in total. The predicted octanol–water partition coefficient (Wildman–Crippen LogP) is 2.64. The number of nitrogens with one attached hydrogen (secondary N) is 2. The van der Waals surface area contributed by atoms with Crippen LogP contribution < -0.4 is 10.6 Å². The molecule has 2 aliphatic rings. The van der Waals surface area contributed by atoms with Crippen molar-refractivity contribution in [2.75, 3.05) is 48.0 Å². The normalized spacial score (nSPS) is 20.2. The van der Waals surface area contributed by atoms with E-state index in [4.69, 9.17) is 0 Å². The summed E-state index contributed by atoms with van der Waals surface area (Å²) >= 11 is 3.78. The van der Waals surface area contributed by atoms with Gasteiger partial charge in [-0.2, -0.15) is 23.5 Å². The maximum absolute atomic E-state index is 12.6. The molecule has 3 rings (SSSR count). The number of aryl methyl sites for hydroxylation is 1. The number of carbonyl (C=O) groups excluding carboxylic acids is 2. The molecule has 26 heavy (non-hydrogen) atoms. The third-order valence-corrected chi connectivity index (χ3v) is 6.55. The molecule has 1 aromatic rings. The molecule has 1 unspecified atom stereocenters. The molecule has 8 heteroatoms. The average molecular weight is 416 g/mol. The first-order valence-electron chi connectivity index (χ1n) is 8.72. The molecule has 0 bridgehead atoms. The summed E-state index contributed by atoms with van der Waals surface area (Å²) in [5.74, 6) is 4.22. The first-order chi connectivity index (χ1) is 12.1. The van der Waals surface area contributed by atoms with Gasteiger partial charge >= 0.3 is 0 Å². The van der Waals surface area contributed by atoms with Gasteiger partial charge < -0.3 is 15.5 Å². The zero-order valence-electron chi connectivity index (χ0n) is 15.0. The fraction of sp³-hybridized carbons (Fsp3) is 0.556. The molecule has 2 N–H and O–H groups in total. The zero-order valence-corrected chi connectivity index (χ0v) is 17.4. The number of anilines is 1. The molecule has 2 aliphatic heterocycles. The Morgan fingerprint density at radius 2 is 2.00 bits per heavy atom. The first-order valence-corrected chi connectivity index (χ1v) is 11.0. The van der Waals surface area contributed by atoms with E-state index < -0.39 is 0 Å². The molecule has 2 amide bonds. The number of hydrogen-bond donors (Lipinski definition) is 2. The molecule has 2 fully saturated rings. The van der Waals surface area contributed by atoms with E-state index >= 15 is 0 Å². The number of hydrogen-bond acceptors (Lipinski definition) is 5. The number of thioether (sulfide) groups is 2. The number of carbonyl (C=O) groups is 2. The van der Waals surface area contributed by atoms with E-state index in [1.807, 2.05) is 53.5 Å². The Bertz CT molecular complexity index is 633. The van der Waals surface area contributed by atoms with Crippen LogP contribution in [0.15, 0.2) is 18.2 Å². The van der Waals surface area contributed by atoms with Gasteiger partial charge in [0, 0.05) is 66.4 Å². The van der Waals surface area contributed by atoms with Crippen molar-refractivity contribution in [3.63, 3.8) is 0 Å². The first kappa shape index (κ1) is 21.4. The second-order valence-corrected chi connectivity index (χ2v) is 8.79. The average Bonchev–Trinajstić information content (AvgIpc) is 2.64. The number of rotatable bonds is 4. The third kappa shape index (κ3) is 5.81. The van der Waals surface area contributed by atoms with E-state index in [1.54, 1.807) is 0 Å². The van der Waals surface area contributed by atoms with Gasteiger partial charge in [-0.15, -0.1) is 12.4 Å². The largest absolute Gasteiger partial charge is 0.337 e. The van der Waals surface area contributed by atoms with Gasteiger partial charge in [0.2, 0.25) is 5.91 Å². The second-order valence-electron chi connectivity index (χ2n) is 6.41. The molecular formula is C18H26ClN3O2S2. The maximum Gasteiger partial charge on any atom is 0.253 e. The van der Waals surface area contributed by atoms with Crippen molar-refractivity contribution in [3.8, 4) is 0 Å². The molecule has 2 saturated heterocycles. The Hall–Kier alpha value is -0.890. The molecule has 144 valence electrons. The summed E-state index contributed by atoms with van der Waals surface area (Å²) in [6, 6.07) is 5.80. The lowest BCUT2D eigenvalue weighted by atomic mass is 10.1. The fourth-order valence-electron chi connectivity index (χ4n) is 3.06. The van der Waals surface area contributed by atoms with Gasteiger partial charge in [0.25, 0.3) is 5.91 Å². The summed E-state index contributed by atoms with van der Waals surface area (Å²) < 4.78 is 0. The second kappa shape index (κ2) is 10.4. The van der Waals surface area contributed by atoms with Crippen LogP contribution in [-0.2, 0) is 4.79 Å². The molecule has 1 aromatic carbocycles. The monoisotopic (exact) mass is 415 g/mol. The van der Waals surface area contributed by atoms with Crippen molar-refractivity contribution in [2.24, 2.45) is 0 Å². The highest BCUT2D eigenvalue weighted by Gasteiger charge is 2.20. The molecule has 0 saturated carbocycles. The molecule has 0 aromatic heterocycles. The summed E-state index contributed by atoms with van der Waals surface area (Å²) in [5, 5.41) is 6.36. The van der Waals surface area contributed by atoms with Crippen LogP contribution in [0, 0.1) is 6.92 Å². The van der Waals surface area contributed by atoms with E-state index in [1.165, 1.54) is 0 Å². The summed E-state index contributed by atoms with van der Waals surface area (Å²) in [6.07, 6.45) is 0.485. The number of amides is 2. The van der Waals surface area contributed by atoms with Crippen LogP contribution in [0.3, 0.4) is 0 Å². The molecule has 0 aliphatic carbocycles. The lowest BCUT2D eigenvalue weighted by molar-refractivity contribution is -0.116. The van der Waals surface area contributed by atoms with Crippen LogP contribution in [0.2, 0.25) is 0 Å². The third-order valence-electron chi connectivity index (χ3n) is 4.48. The maximum atomic E-state index is 12.6. The quantitative estimate of drug-likeness (QED) is 0.791. The standard InChI is InChI=1S/C18H25N3O2S2.ClH/c1-13-10-14(18(23)21-5-8-24-9-6-21)2-3-16(13)20-17(22)11-15-12-25-7-4-19-15;/h2-3,10,15,19H,4-9,11-12H2,1H3,(H,20,22);1H. The zero-order chi connectivity index (χ0) is 17.6. The number of halogens is 1. The smallest absolute Gasteiger partial charge is 0.253 e. The summed E-state index contributed by atoms with van der Waals surface area (Å²) in [6.45, 7) is 4.53. The molecule has 2 heterocycles. The highest BCUT2D eigenvalue weighted by atomic mass is 35.5. The number of benzene rings is 1. The van der Waals surface area contributed by atoms with E-state index in [9.17, 15) is 9.59 Å². The van der Waals surface area contributed by atoms with Gasteiger partial charge in [-0.1, -0.05) is 0 Å². The Labute approximate surface area is 169 Å². The number of nitrogens with zero attached hydrogens (tertiary/aromatic N) is 1. The lowest BCUT2D eigenvalue weighted by Gasteiger charge is -2.26. The predicted molar refractivity (Wildman–Crippen MR) is 114 cm³/mol. The molecule has 0 spiro atoms. The van der Waals surface area contributed by atoms with Crippen molar-refractivity contribution in [2.45, 2.75) is 19.4 Å². The minimum absolute atomic E-state index is 0. The van der Waals surface area contributed by atoms with Crippen LogP contribution in [0.25, 0.3) is 0 Å². The topological polar surface area (TPSA) is 61.4 Å². The molecule has 1 atom stereocenters. The Morgan fingerprint density at radius 1 is 1.23 bits per heavy atom. The van der Waals surface area contributed by atoms with E-state index in [2.05, 4.69) is 10.6 Å². The fourth-order valence-corrected chi connectivity index (χ4v) is 4.91. The SMILES string of the molecule is Cc1cc(C(=O)N2CCSCC2)ccc1NC(=O)CC1CSCCN1.Cl. The van der Waals surface area contributed by atoms with Crippen molar-refractivity contribution < 1.29 is 9.59 Å². The van der Waals surface area contributed by atoms with Crippen LogP contribution in [0.4, 0.5) is 5.69 Å². The van der Waals surface area contributed by atoms with Crippen molar-refractivity contribution in [1.82, 2.24) is 10.2 Å². The van der Waals surface area contributed by atoms with Crippen LogP contribution in [0.1, 0.15) is 22.3 Å². The Balaban J connectivity index is 0.00000243. The lowest BCUT2D eigenvalue weighted by Crippen LogP contribution is -2.40. The van der Waals surface area contributed by atoms with Gasteiger partial charge in [-0.3, -0.25) is 9.59 Å². The highest BCUT2D eigenvalue weighted by molar-refractivity contribution is 7.99.